The SMILES string of the molecule is Cn1c(N2CCC(Cn3nc(-n4cccn4)ccc3=O)CC2)nc2ccccc2c1=O. The highest BCUT2D eigenvalue weighted by molar-refractivity contribution is 5.78. The third kappa shape index (κ3) is 3.63. The molecule has 5 rings (SSSR count). The lowest BCUT2D eigenvalue weighted by Crippen LogP contribution is -2.40. The summed E-state index contributed by atoms with van der Waals surface area (Å²) in [5, 5.41) is 9.29. The second-order valence-corrected chi connectivity index (χ2v) is 7.89. The molecule has 0 saturated carbocycles. The molecule has 0 radical (unpaired) electrons. The van der Waals surface area contributed by atoms with Gasteiger partial charge in [-0.15, -0.1) is 5.10 Å². The summed E-state index contributed by atoms with van der Waals surface area (Å²) in [4.78, 5) is 31.9. The molecule has 0 bridgehead atoms. The molecular formula is C22H23N7O2. The molecule has 1 aliphatic heterocycles. The Morgan fingerprint density at radius 1 is 1.03 bits per heavy atom. The number of para-hydroxylation sites is 1. The maximum absolute atomic E-state index is 12.7. The van der Waals surface area contributed by atoms with Crippen molar-refractivity contribution in [2.45, 2.75) is 19.4 Å². The van der Waals surface area contributed by atoms with Crippen molar-refractivity contribution in [2.75, 3.05) is 18.0 Å². The second kappa shape index (κ2) is 7.82. The Labute approximate surface area is 178 Å². The van der Waals surface area contributed by atoms with Gasteiger partial charge in [0.2, 0.25) is 5.95 Å². The molecule has 1 aliphatic rings. The number of fused-ring (bicyclic) bond motifs is 1. The number of rotatable bonds is 4. The Hall–Kier alpha value is -3.75. The van der Waals surface area contributed by atoms with E-state index in [1.807, 2.05) is 30.3 Å². The van der Waals surface area contributed by atoms with Crippen LogP contribution < -0.4 is 16.0 Å². The average Bonchev–Trinajstić information content (AvgIpc) is 3.33. The number of hydrogen-bond donors (Lipinski definition) is 0. The molecule has 1 aromatic carbocycles. The zero-order chi connectivity index (χ0) is 21.4. The minimum absolute atomic E-state index is 0.0334. The Balaban J connectivity index is 1.32. The van der Waals surface area contributed by atoms with Gasteiger partial charge in [-0.3, -0.25) is 14.2 Å². The second-order valence-electron chi connectivity index (χ2n) is 7.89. The molecule has 3 aromatic heterocycles. The van der Waals surface area contributed by atoms with Crippen LogP contribution in [0.1, 0.15) is 12.8 Å². The summed E-state index contributed by atoms with van der Waals surface area (Å²) < 4.78 is 4.80. The number of hydrogen-bond acceptors (Lipinski definition) is 6. The third-order valence-electron chi connectivity index (χ3n) is 5.88. The molecule has 1 saturated heterocycles. The minimum atomic E-state index is -0.114. The van der Waals surface area contributed by atoms with Gasteiger partial charge in [-0.25, -0.2) is 14.3 Å². The summed E-state index contributed by atoms with van der Waals surface area (Å²) in [6, 6.07) is 12.5. The third-order valence-corrected chi connectivity index (χ3v) is 5.88. The van der Waals surface area contributed by atoms with Crippen LogP contribution in [-0.4, -0.2) is 42.2 Å². The van der Waals surface area contributed by atoms with Crippen molar-refractivity contribution in [3.05, 3.63) is 75.6 Å². The number of benzene rings is 1. The largest absolute Gasteiger partial charge is 0.342 e. The van der Waals surface area contributed by atoms with Crippen LogP contribution in [0.5, 0.6) is 0 Å². The van der Waals surface area contributed by atoms with Gasteiger partial charge in [-0.05, 0) is 43.0 Å². The van der Waals surface area contributed by atoms with Crippen molar-refractivity contribution >= 4 is 16.9 Å². The van der Waals surface area contributed by atoms with E-state index in [0.29, 0.717) is 35.1 Å². The first kappa shape index (κ1) is 19.2. The fraction of sp³-hybridized carbons (Fsp3) is 0.318. The van der Waals surface area contributed by atoms with Crippen molar-refractivity contribution in [1.29, 1.82) is 0 Å². The smallest absolute Gasteiger partial charge is 0.266 e. The zero-order valence-electron chi connectivity index (χ0n) is 17.3. The molecular weight excluding hydrogens is 394 g/mol. The van der Waals surface area contributed by atoms with E-state index < -0.39 is 0 Å². The van der Waals surface area contributed by atoms with E-state index in [4.69, 9.17) is 4.98 Å². The van der Waals surface area contributed by atoms with Crippen LogP contribution in [0.4, 0.5) is 5.95 Å². The van der Waals surface area contributed by atoms with Crippen LogP contribution in [0.3, 0.4) is 0 Å². The van der Waals surface area contributed by atoms with E-state index in [9.17, 15) is 9.59 Å². The lowest BCUT2D eigenvalue weighted by molar-refractivity contribution is 0.331. The van der Waals surface area contributed by atoms with Crippen molar-refractivity contribution in [3.8, 4) is 5.82 Å². The molecule has 31 heavy (non-hydrogen) atoms. The fourth-order valence-electron chi connectivity index (χ4n) is 4.14. The van der Waals surface area contributed by atoms with E-state index >= 15 is 0 Å². The van der Waals surface area contributed by atoms with Gasteiger partial charge < -0.3 is 4.90 Å². The van der Waals surface area contributed by atoms with Crippen molar-refractivity contribution in [2.24, 2.45) is 13.0 Å². The van der Waals surface area contributed by atoms with Crippen molar-refractivity contribution in [3.63, 3.8) is 0 Å². The first-order valence-electron chi connectivity index (χ1n) is 10.4. The van der Waals surface area contributed by atoms with Gasteiger partial charge in [-0.1, -0.05) is 12.1 Å². The Morgan fingerprint density at radius 3 is 2.61 bits per heavy atom. The van der Waals surface area contributed by atoms with Crippen LogP contribution in [0, 0.1) is 5.92 Å². The van der Waals surface area contributed by atoms with Gasteiger partial charge >= 0.3 is 0 Å². The van der Waals surface area contributed by atoms with Gasteiger partial charge in [0.05, 0.1) is 10.9 Å². The minimum Gasteiger partial charge on any atom is -0.342 e. The van der Waals surface area contributed by atoms with Gasteiger partial charge in [0, 0.05) is 45.1 Å². The van der Waals surface area contributed by atoms with Crippen LogP contribution >= 0.6 is 0 Å². The summed E-state index contributed by atoms with van der Waals surface area (Å²) >= 11 is 0. The zero-order valence-corrected chi connectivity index (χ0v) is 17.3. The molecule has 0 amide bonds. The molecule has 9 nitrogen and oxygen atoms in total. The molecule has 4 heterocycles. The Bertz CT molecular complexity index is 1330. The van der Waals surface area contributed by atoms with E-state index in [1.54, 1.807) is 34.8 Å². The van der Waals surface area contributed by atoms with Crippen LogP contribution in [0.2, 0.25) is 0 Å². The first-order chi connectivity index (χ1) is 15.1. The van der Waals surface area contributed by atoms with Gasteiger partial charge in [0.1, 0.15) is 0 Å². The standard InChI is InChI=1S/C22H23N7O2/c1-26-21(31)17-5-2-3-6-18(17)24-22(26)27-13-9-16(10-14-27)15-29-20(30)8-7-19(25-29)28-12-4-11-23-28/h2-8,11-12,16H,9-10,13-15H2,1H3. The van der Waals surface area contributed by atoms with Gasteiger partial charge in [0.25, 0.3) is 11.1 Å². The molecule has 0 aliphatic carbocycles. The highest BCUT2D eigenvalue weighted by atomic mass is 16.1. The average molecular weight is 417 g/mol. The van der Waals surface area contributed by atoms with Gasteiger partial charge in [-0.2, -0.15) is 5.10 Å². The lowest BCUT2D eigenvalue weighted by Gasteiger charge is -2.33. The number of anilines is 1. The van der Waals surface area contributed by atoms with Crippen LogP contribution in [0.25, 0.3) is 16.7 Å². The quantitative estimate of drug-likeness (QED) is 0.501. The van der Waals surface area contributed by atoms with E-state index in [0.717, 1.165) is 25.9 Å². The van der Waals surface area contributed by atoms with Crippen molar-refractivity contribution < 1.29 is 0 Å². The number of nitrogens with zero attached hydrogens (tertiary/aromatic N) is 7. The Morgan fingerprint density at radius 2 is 1.84 bits per heavy atom. The summed E-state index contributed by atoms with van der Waals surface area (Å²) in [5.41, 5.74) is 0.569. The molecule has 0 atom stereocenters. The molecule has 4 aromatic rings. The number of aromatic nitrogens is 6. The van der Waals surface area contributed by atoms with Crippen molar-refractivity contribution in [1.82, 2.24) is 29.1 Å². The van der Waals surface area contributed by atoms with E-state index in [1.165, 1.54) is 10.7 Å². The summed E-state index contributed by atoms with van der Waals surface area (Å²) in [6.07, 6.45) is 5.27. The van der Waals surface area contributed by atoms with Crippen LogP contribution in [0.15, 0.2) is 64.4 Å². The molecule has 0 spiro atoms. The first-order valence-corrected chi connectivity index (χ1v) is 10.4. The molecule has 1 fully saturated rings. The Kier molecular flexibility index (Phi) is 4.85. The predicted molar refractivity (Wildman–Crippen MR) is 118 cm³/mol. The topological polar surface area (TPSA) is 90.8 Å². The van der Waals surface area contributed by atoms with Crippen LogP contribution in [-0.2, 0) is 13.6 Å². The van der Waals surface area contributed by atoms with E-state index in [2.05, 4.69) is 15.1 Å². The summed E-state index contributed by atoms with van der Waals surface area (Å²) in [5.74, 6) is 1.64. The predicted octanol–water partition coefficient (Wildman–Crippen LogP) is 1.59. The summed E-state index contributed by atoms with van der Waals surface area (Å²) in [7, 11) is 1.77. The molecule has 158 valence electrons. The fourth-order valence-corrected chi connectivity index (χ4v) is 4.14. The molecule has 0 unspecified atom stereocenters. The van der Waals surface area contributed by atoms with Gasteiger partial charge in [0.15, 0.2) is 5.82 Å². The monoisotopic (exact) mass is 417 g/mol. The lowest BCUT2D eigenvalue weighted by atomic mass is 9.97. The highest BCUT2D eigenvalue weighted by Crippen LogP contribution is 2.23. The molecule has 0 N–H and O–H groups in total. The summed E-state index contributed by atoms with van der Waals surface area (Å²) in [6.45, 7) is 2.11. The molecule has 9 heteroatoms. The maximum atomic E-state index is 12.7. The van der Waals surface area contributed by atoms with E-state index in [-0.39, 0.29) is 11.1 Å². The highest BCUT2D eigenvalue weighted by Gasteiger charge is 2.23. The maximum Gasteiger partial charge on any atom is 0.266 e. The number of piperidine rings is 1. The normalized spacial score (nSPS) is 14.9.